The second-order valence-corrected chi connectivity index (χ2v) is 9.82. The van der Waals surface area contributed by atoms with Gasteiger partial charge >= 0.3 is 24.1 Å². The molecule has 0 aliphatic heterocycles. The van der Waals surface area contributed by atoms with Crippen molar-refractivity contribution in [3.05, 3.63) is 23.8 Å². The molecule has 0 saturated heterocycles. The zero-order valence-electron chi connectivity index (χ0n) is 22.9. The first-order chi connectivity index (χ1) is 17.3. The Morgan fingerprint density at radius 3 is 1.81 bits per heavy atom. The number of rotatable bonds is 14. The van der Waals surface area contributed by atoms with Gasteiger partial charge in [-0.1, -0.05) is 33.8 Å². The molecule has 0 fully saturated rings. The van der Waals surface area contributed by atoms with E-state index in [1.807, 2.05) is 27.7 Å². The summed E-state index contributed by atoms with van der Waals surface area (Å²) in [5.41, 5.74) is 6.62. The Labute approximate surface area is 219 Å². The maximum absolute atomic E-state index is 12.5. The summed E-state index contributed by atoms with van der Waals surface area (Å²) in [6, 6.07) is 3.63. The van der Waals surface area contributed by atoms with Gasteiger partial charge in [0.2, 0.25) is 0 Å². The highest BCUT2D eigenvalue weighted by Crippen LogP contribution is 2.30. The van der Waals surface area contributed by atoms with Gasteiger partial charge in [0, 0.05) is 12.8 Å². The van der Waals surface area contributed by atoms with Crippen LogP contribution >= 0.6 is 0 Å². The summed E-state index contributed by atoms with van der Waals surface area (Å²) in [5, 5.41) is 0. The van der Waals surface area contributed by atoms with Crippen LogP contribution in [0.1, 0.15) is 72.8 Å². The van der Waals surface area contributed by atoms with E-state index in [9.17, 15) is 19.2 Å². The van der Waals surface area contributed by atoms with Gasteiger partial charge in [0.25, 0.3) is 0 Å². The third-order valence-electron chi connectivity index (χ3n) is 5.48. The molecule has 0 amide bonds. The summed E-state index contributed by atoms with van der Waals surface area (Å²) in [5.74, 6) is -0.734. The van der Waals surface area contributed by atoms with Crippen molar-refractivity contribution in [2.45, 2.75) is 91.9 Å². The molecule has 208 valence electrons. The van der Waals surface area contributed by atoms with Crippen LogP contribution in [-0.4, -0.2) is 49.4 Å². The highest BCUT2D eigenvalue weighted by atomic mass is 16.7. The molecule has 1 aromatic rings. The first-order valence-corrected chi connectivity index (χ1v) is 12.6. The smallest absolute Gasteiger partial charge is 0.458 e. The first kappa shape index (κ1) is 31.9. The molecule has 1 rings (SSSR count). The normalized spacial score (nSPS) is 13.5. The van der Waals surface area contributed by atoms with Crippen LogP contribution in [0.4, 0.5) is 4.79 Å². The molecule has 3 atom stereocenters. The van der Waals surface area contributed by atoms with Crippen molar-refractivity contribution in [1.82, 2.24) is 0 Å². The van der Waals surface area contributed by atoms with E-state index in [0.29, 0.717) is 30.2 Å². The molecule has 0 aliphatic carbocycles. The largest absolute Gasteiger partial charge is 0.508 e. The van der Waals surface area contributed by atoms with Crippen molar-refractivity contribution in [3.63, 3.8) is 0 Å². The number of benzene rings is 1. The van der Waals surface area contributed by atoms with E-state index in [4.69, 9.17) is 24.7 Å². The van der Waals surface area contributed by atoms with Crippen LogP contribution in [0.15, 0.2) is 18.2 Å². The Balaban J connectivity index is 2.95. The van der Waals surface area contributed by atoms with Crippen LogP contribution in [-0.2, 0) is 35.0 Å². The molecule has 0 radical (unpaired) electrons. The summed E-state index contributed by atoms with van der Waals surface area (Å²) in [6.45, 7) is 11.1. The standard InChI is InChI=1S/C27H41NO9/c1-16(2)8-12-24(29)36-22-11-10-20(15-23(22)37-25(30)13-9-17(3)4)14-21(28)26(31)34-18(5)19(6)35-27(32)33-7/h10-11,15-19,21H,8-9,12-14,28H2,1-7H3/t18-,19?,21-/m0/s1. The Hall–Kier alpha value is -3.14. The van der Waals surface area contributed by atoms with E-state index in [1.54, 1.807) is 19.9 Å². The molecular formula is C27H41NO9. The van der Waals surface area contributed by atoms with Gasteiger partial charge in [-0.15, -0.1) is 0 Å². The highest BCUT2D eigenvalue weighted by molar-refractivity contribution is 5.77. The highest BCUT2D eigenvalue weighted by Gasteiger charge is 2.25. The number of carbonyl (C=O) groups excluding carboxylic acids is 4. The van der Waals surface area contributed by atoms with Crippen molar-refractivity contribution in [2.24, 2.45) is 17.6 Å². The van der Waals surface area contributed by atoms with Crippen LogP contribution in [0.2, 0.25) is 0 Å². The number of nitrogens with two attached hydrogens (primary N) is 1. The van der Waals surface area contributed by atoms with Crippen molar-refractivity contribution >= 4 is 24.1 Å². The molecule has 0 aromatic heterocycles. The number of carbonyl (C=O) groups is 4. The van der Waals surface area contributed by atoms with Gasteiger partial charge in [0.1, 0.15) is 18.2 Å². The minimum Gasteiger partial charge on any atom is -0.458 e. The lowest BCUT2D eigenvalue weighted by Gasteiger charge is -2.22. The summed E-state index contributed by atoms with van der Waals surface area (Å²) < 4.78 is 25.7. The molecular weight excluding hydrogens is 482 g/mol. The van der Waals surface area contributed by atoms with Crippen molar-refractivity contribution in [3.8, 4) is 11.5 Å². The minimum absolute atomic E-state index is 0.0654. The molecule has 0 saturated carbocycles. The molecule has 0 aliphatic rings. The van der Waals surface area contributed by atoms with Crippen molar-refractivity contribution in [1.29, 1.82) is 0 Å². The van der Waals surface area contributed by atoms with Crippen molar-refractivity contribution in [2.75, 3.05) is 7.11 Å². The average Bonchev–Trinajstić information content (AvgIpc) is 2.82. The predicted octanol–water partition coefficient (Wildman–Crippen LogP) is 4.34. The molecule has 0 spiro atoms. The van der Waals surface area contributed by atoms with Gasteiger partial charge < -0.3 is 29.4 Å². The number of esters is 3. The predicted molar refractivity (Wildman–Crippen MR) is 136 cm³/mol. The zero-order chi connectivity index (χ0) is 28.1. The maximum Gasteiger partial charge on any atom is 0.508 e. The fourth-order valence-corrected chi connectivity index (χ4v) is 3.00. The lowest BCUT2D eigenvalue weighted by atomic mass is 10.1. The third-order valence-corrected chi connectivity index (χ3v) is 5.48. The third kappa shape index (κ3) is 12.6. The van der Waals surface area contributed by atoms with Gasteiger partial charge in [-0.2, -0.15) is 0 Å². The summed E-state index contributed by atoms with van der Waals surface area (Å²) >= 11 is 0. The van der Waals surface area contributed by atoms with Gasteiger partial charge in [-0.3, -0.25) is 14.4 Å². The van der Waals surface area contributed by atoms with Crippen LogP contribution < -0.4 is 15.2 Å². The lowest BCUT2D eigenvalue weighted by molar-refractivity contribution is -0.155. The molecule has 0 heterocycles. The second-order valence-electron chi connectivity index (χ2n) is 9.82. The Morgan fingerprint density at radius 1 is 0.784 bits per heavy atom. The maximum atomic E-state index is 12.5. The van der Waals surface area contributed by atoms with Gasteiger partial charge in [-0.25, -0.2) is 4.79 Å². The second kappa shape index (κ2) is 15.9. The molecule has 10 heteroatoms. The van der Waals surface area contributed by atoms with Crippen molar-refractivity contribution < 1.29 is 42.9 Å². The van der Waals surface area contributed by atoms with E-state index in [-0.39, 0.29) is 30.8 Å². The molecule has 2 N–H and O–H groups in total. The fourth-order valence-electron chi connectivity index (χ4n) is 3.00. The molecule has 37 heavy (non-hydrogen) atoms. The van der Waals surface area contributed by atoms with E-state index >= 15 is 0 Å². The average molecular weight is 524 g/mol. The summed E-state index contributed by atoms with van der Waals surface area (Å²) in [7, 11) is 1.18. The van der Waals surface area contributed by atoms with E-state index in [1.165, 1.54) is 19.2 Å². The van der Waals surface area contributed by atoms with Crippen LogP contribution in [0.3, 0.4) is 0 Å². The number of hydrogen-bond acceptors (Lipinski definition) is 10. The van der Waals surface area contributed by atoms with E-state index < -0.39 is 42.3 Å². The van der Waals surface area contributed by atoms with E-state index in [0.717, 1.165) is 0 Å². The van der Waals surface area contributed by atoms with Crippen LogP contribution in [0, 0.1) is 11.8 Å². The van der Waals surface area contributed by atoms with Gasteiger partial charge in [0.05, 0.1) is 7.11 Å². The van der Waals surface area contributed by atoms with Crippen LogP contribution in [0.5, 0.6) is 11.5 Å². The molecule has 10 nitrogen and oxygen atoms in total. The fraction of sp³-hybridized carbons (Fsp3) is 0.630. The topological polar surface area (TPSA) is 140 Å². The van der Waals surface area contributed by atoms with Gasteiger partial charge in [-0.05, 0) is 62.6 Å². The van der Waals surface area contributed by atoms with Crippen LogP contribution in [0.25, 0.3) is 0 Å². The molecule has 0 bridgehead atoms. The quantitative estimate of drug-likeness (QED) is 0.276. The molecule has 1 aromatic carbocycles. The van der Waals surface area contributed by atoms with Gasteiger partial charge in [0.15, 0.2) is 11.5 Å². The summed E-state index contributed by atoms with van der Waals surface area (Å²) in [6.07, 6.45) is -0.580. The number of ether oxygens (including phenoxy) is 5. The number of methoxy groups -OCH3 is 1. The zero-order valence-corrected chi connectivity index (χ0v) is 22.9. The van der Waals surface area contributed by atoms with E-state index in [2.05, 4.69) is 4.74 Å². The molecule has 1 unspecified atom stereocenters. The monoisotopic (exact) mass is 523 g/mol. The Kier molecular flexibility index (Phi) is 13.7. The SMILES string of the molecule is COC(=O)OC(C)[C@H](C)OC(=O)[C@@H](N)Cc1ccc(OC(=O)CCC(C)C)c(OC(=O)CCC(C)C)c1. The number of hydrogen-bond donors (Lipinski definition) is 1. The first-order valence-electron chi connectivity index (χ1n) is 12.6. The Morgan fingerprint density at radius 2 is 1.30 bits per heavy atom. The lowest BCUT2D eigenvalue weighted by Crippen LogP contribution is -2.39. The minimum atomic E-state index is -1.04. The Bertz CT molecular complexity index is 913. The summed E-state index contributed by atoms with van der Waals surface area (Å²) in [4.78, 5) is 48.4.